The van der Waals surface area contributed by atoms with E-state index >= 15 is 0 Å². The van der Waals surface area contributed by atoms with Gasteiger partial charge in [0.2, 0.25) is 0 Å². The van der Waals surface area contributed by atoms with Crippen LogP contribution in [0.4, 0.5) is 0 Å². The van der Waals surface area contributed by atoms with Crippen LogP contribution >= 0.6 is 11.9 Å². The molecule has 1 aliphatic heterocycles. The SMILES string of the molecule is C1=CC2CSNC2C=C1. The molecule has 1 N–H and O–H groups in total. The molecule has 0 aromatic heterocycles. The van der Waals surface area contributed by atoms with Crippen molar-refractivity contribution in [2.75, 3.05) is 5.75 Å². The van der Waals surface area contributed by atoms with E-state index in [1.165, 1.54) is 5.75 Å². The summed E-state index contributed by atoms with van der Waals surface area (Å²) < 4.78 is 3.34. The summed E-state index contributed by atoms with van der Waals surface area (Å²) in [5, 5.41) is 0. The van der Waals surface area contributed by atoms with Crippen molar-refractivity contribution in [1.29, 1.82) is 0 Å². The molecule has 2 heteroatoms. The molecule has 1 fully saturated rings. The van der Waals surface area contributed by atoms with Gasteiger partial charge in [-0.05, 0) is 0 Å². The zero-order valence-corrected chi connectivity index (χ0v) is 5.90. The van der Waals surface area contributed by atoms with Crippen LogP contribution in [0.2, 0.25) is 0 Å². The molecule has 0 saturated carbocycles. The number of rotatable bonds is 0. The number of nitrogens with one attached hydrogen (secondary N) is 1. The fourth-order valence-corrected chi connectivity index (χ4v) is 2.23. The van der Waals surface area contributed by atoms with E-state index in [1.54, 1.807) is 0 Å². The Morgan fingerprint density at radius 3 is 3.11 bits per heavy atom. The standard InChI is InChI=1S/C7H9NS/c1-2-4-7-6(3-1)5-9-8-7/h1-4,6-8H,5H2. The summed E-state index contributed by atoms with van der Waals surface area (Å²) in [5.74, 6) is 1.98. The van der Waals surface area contributed by atoms with E-state index in [4.69, 9.17) is 0 Å². The van der Waals surface area contributed by atoms with Gasteiger partial charge in [0.15, 0.2) is 0 Å². The number of fused-ring (bicyclic) bond motifs is 1. The molecule has 2 unspecified atom stereocenters. The maximum absolute atomic E-state index is 3.34. The van der Waals surface area contributed by atoms with Crippen LogP contribution in [0.3, 0.4) is 0 Å². The number of hydrogen-bond donors (Lipinski definition) is 1. The van der Waals surface area contributed by atoms with Gasteiger partial charge in [-0.1, -0.05) is 36.3 Å². The second kappa shape index (κ2) is 2.20. The number of hydrogen-bond acceptors (Lipinski definition) is 2. The van der Waals surface area contributed by atoms with Crippen LogP contribution in [-0.2, 0) is 0 Å². The maximum Gasteiger partial charge on any atom is 0.0426 e. The van der Waals surface area contributed by atoms with E-state index in [9.17, 15) is 0 Å². The van der Waals surface area contributed by atoms with E-state index in [1.807, 2.05) is 11.9 Å². The fourth-order valence-electron chi connectivity index (χ4n) is 1.18. The molecule has 0 spiro atoms. The molecule has 0 amide bonds. The van der Waals surface area contributed by atoms with E-state index in [-0.39, 0.29) is 0 Å². The van der Waals surface area contributed by atoms with Crippen molar-refractivity contribution in [2.45, 2.75) is 6.04 Å². The largest absolute Gasteiger partial charge is 0.257 e. The molecule has 0 aromatic rings. The van der Waals surface area contributed by atoms with Crippen molar-refractivity contribution >= 4 is 11.9 Å². The van der Waals surface area contributed by atoms with Gasteiger partial charge in [-0.3, -0.25) is 4.72 Å². The first-order chi connectivity index (χ1) is 4.47. The summed E-state index contributed by atoms with van der Waals surface area (Å²) >= 11 is 1.83. The van der Waals surface area contributed by atoms with Crippen LogP contribution in [0.15, 0.2) is 24.3 Å². The lowest BCUT2D eigenvalue weighted by molar-refractivity contribution is 0.636. The van der Waals surface area contributed by atoms with Gasteiger partial charge in [0.1, 0.15) is 0 Å². The molecule has 1 aliphatic carbocycles. The third-order valence-electron chi connectivity index (χ3n) is 1.74. The summed E-state index contributed by atoms with van der Waals surface area (Å²) in [6, 6.07) is 0.611. The zero-order valence-electron chi connectivity index (χ0n) is 5.08. The van der Waals surface area contributed by atoms with Crippen LogP contribution < -0.4 is 4.72 Å². The Morgan fingerprint density at radius 2 is 2.22 bits per heavy atom. The van der Waals surface area contributed by atoms with Crippen LogP contribution in [0.1, 0.15) is 0 Å². The minimum atomic E-state index is 0.611. The van der Waals surface area contributed by atoms with E-state index in [0.29, 0.717) is 6.04 Å². The van der Waals surface area contributed by atoms with Gasteiger partial charge in [-0.2, -0.15) is 0 Å². The Balaban J connectivity index is 2.18. The lowest BCUT2D eigenvalue weighted by Gasteiger charge is -2.12. The second-order valence-electron chi connectivity index (χ2n) is 2.39. The summed E-state index contributed by atoms with van der Waals surface area (Å²) in [6.07, 6.45) is 8.75. The molecule has 0 bridgehead atoms. The predicted octanol–water partition coefficient (Wildman–Crippen LogP) is 1.35. The van der Waals surface area contributed by atoms with Gasteiger partial charge in [-0.25, -0.2) is 0 Å². The summed E-state index contributed by atoms with van der Waals surface area (Å²) in [4.78, 5) is 0. The van der Waals surface area contributed by atoms with E-state index in [2.05, 4.69) is 29.0 Å². The van der Waals surface area contributed by atoms with Crippen molar-refractivity contribution in [1.82, 2.24) is 4.72 Å². The van der Waals surface area contributed by atoms with Crippen molar-refractivity contribution in [3.05, 3.63) is 24.3 Å². The Kier molecular flexibility index (Phi) is 1.36. The third-order valence-corrected chi connectivity index (χ3v) is 2.73. The smallest absolute Gasteiger partial charge is 0.0426 e. The Hall–Kier alpha value is -0.210. The van der Waals surface area contributed by atoms with Crippen LogP contribution in [-0.4, -0.2) is 11.8 Å². The Morgan fingerprint density at radius 1 is 1.33 bits per heavy atom. The van der Waals surface area contributed by atoms with Crippen molar-refractivity contribution in [2.24, 2.45) is 5.92 Å². The topological polar surface area (TPSA) is 12.0 Å². The summed E-state index contributed by atoms with van der Waals surface area (Å²) in [6.45, 7) is 0. The molecular weight excluding hydrogens is 130 g/mol. The molecule has 0 radical (unpaired) electrons. The van der Waals surface area contributed by atoms with Gasteiger partial charge in [0.05, 0.1) is 0 Å². The van der Waals surface area contributed by atoms with Gasteiger partial charge < -0.3 is 0 Å². The molecule has 1 nitrogen and oxygen atoms in total. The van der Waals surface area contributed by atoms with E-state index < -0.39 is 0 Å². The van der Waals surface area contributed by atoms with Crippen LogP contribution in [0.5, 0.6) is 0 Å². The molecule has 1 saturated heterocycles. The zero-order chi connectivity index (χ0) is 6.10. The average Bonchev–Trinajstić information content (AvgIpc) is 2.33. The summed E-state index contributed by atoms with van der Waals surface area (Å²) in [7, 11) is 0. The number of allylic oxidation sites excluding steroid dienone is 2. The average molecular weight is 139 g/mol. The van der Waals surface area contributed by atoms with Gasteiger partial charge >= 0.3 is 0 Å². The normalized spacial score (nSPS) is 39.1. The lowest BCUT2D eigenvalue weighted by atomic mass is 9.98. The van der Waals surface area contributed by atoms with Crippen LogP contribution in [0, 0.1) is 5.92 Å². The van der Waals surface area contributed by atoms with Crippen molar-refractivity contribution < 1.29 is 0 Å². The monoisotopic (exact) mass is 139 g/mol. The van der Waals surface area contributed by atoms with E-state index in [0.717, 1.165) is 5.92 Å². The highest BCUT2D eigenvalue weighted by Crippen LogP contribution is 2.24. The third kappa shape index (κ3) is 0.926. The summed E-state index contributed by atoms with van der Waals surface area (Å²) in [5.41, 5.74) is 0. The molecule has 2 atom stereocenters. The molecule has 2 rings (SSSR count). The molecule has 48 valence electrons. The van der Waals surface area contributed by atoms with Gasteiger partial charge in [-0.15, -0.1) is 0 Å². The first kappa shape index (κ1) is 5.57. The van der Waals surface area contributed by atoms with Gasteiger partial charge in [0, 0.05) is 17.7 Å². The fraction of sp³-hybridized carbons (Fsp3) is 0.429. The molecular formula is C7H9NS. The molecule has 0 aromatic carbocycles. The lowest BCUT2D eigenvalue weighted by Crippen LogP contribution is -2.22. The first-order valence-electron chi connectivity index (χ1n) is 3.19. The van der Waals surface area contributed by atoms with Gasteiger partial charge in [0.25, 0.3) is 0 Å². The first-order valence-corrected chi connectivity index (χ1v) is 4.18. The second-order valence-corrected chi connectivity index (χ2v) is 3.25. The van der Waals surface area contributed by atoms with Crippen molar-refractivity contribution in [3.8, 4) is 0 Å². The minimum absolute atomic E-state index is 0.611. The molecule has 2 aliphatic rings. The minimum Gasteiger partial charge on any atom is -0.257 e. The maximum atomic E-state index is 3.34. The molecule has 9 heavy (non-hydrogen) atoms. The van der Waals surface area contributed by atoms with Crippen LogP contribution in [0.25, 0.3) is 0 Å². The quantitative estimate of drug-likeness (QED) is 0.508. The highest BCUT2D eigenvalue weighted by Gasteiger charge is 2.23. The highest BCUT2D eigenvalue weighted by molar-refractivity contribution is 7.97. The Bertz CT molecular complexity index is 144. The highest BCUT2D eigenvalue weighted by atomic mass is 32.2. The molecule has 1 heterocycles. The predicted molar refractivity (Wildman–Crippen MR) is 41.2 cm³/mol. The van der Waals surface area contributed by atoms with Crippen molar-refractivity contribution in [3.63, 3.8) is 0 Å². The Labute approximate surface area is 59.3 Å².